The summed E-state index contributed by atoms with van der Waals surface area (Å²) in [6.07, 6.45) is 3.07. The van der Waals surface area contributed by atoms with Crippen molar-refractivity contribution in [2.24, 2.45) is 0 Å². The Hall–Kier alpha value is -2.66. The molecule has 4 rings (SSSR count). The molecule has 30 heavy (non-hydrogen) atoms. The molecule has 0 N–H and O–H groups in total. The fourth-order valence-corrected chi connectivity index (χ4v) is 4.23. The first-order valence-corrected chi connectivity index (χ1v) is 11.0. The Morgan fingerprint density at radius 2 is 2.00 bits per heavy atom. The Kier molecular flexibility index (Phi) is 6.48. The zero-order valence-corrected chi connectivity index (χ0v) is 18.0. The lowest BCUT2D eigenvalue weighted by molar-refractivity contribution is -0.133. The number of piperidine rings is 1. The second-order valence-corrected chi connectivity index (χ2v) is 8.39. The number of carbonyl (C=O) groups is 1. The smallest absolute Gasteiger partial charge is 0.237 e. The van der Waals surface area contributed by atoms with Gasteiger partial charge in [-0.3, -0.25) is 9.69 Å². The Balaban J connectivity index is 1.40. The number of hydrogen-bond donors (Lipinski definition) is 0. The van der Waals surface area contributed by atoms with Crippen molar-refractivity contribution < 1.29 is 9.21 Å². The normalized spacial score (nSPS) is 17.3. The number of fused-ring (bicyclic) bond motifs is 1. The van der Waals surface area contributed by atoms with Gasteiger partial charge in [0.15, 0.2) is 11.5 Å². The topological polar surface area (TPSA) is 49.6 Å². The van der Waals surface area contributed by atoms with Crippen molar-refractivity contribution in [3.8, 4) is 0 Å². The Labute approximate surface area is 178 Å². The molecule has 1 fully saturated rings. The highest BCUT2D eigenvalue weighted by molar-refractivity contribution is 5.78. The zero-order chi connectivity index (χ0) is 20.9. The number of amides is 1. The van der Waals surface area contributed by atoms with Crippen LogP contribution in [0.4, 0.5) is 0 Å². The van der Waals surface area contributed by atoms with E-state index in [-0.39, 0.29) is 11.8 Å². The first-order chi connectivity index (χ1) is 14.6. The van der Waals surface area contributed by atoms with E-state index in [1.807, 2.05) is 29.2 Å². The molecular weight excluding hydrogens is 374 g/mol. The van der Waals surface area contributed by atoms with Crippen molar-refractivity contribution in [1.82, 2.24) is 14.8 Å². The number of aryl methyl sites for hydroxylation is 1. The molecule has 3 aromatic rings. The maximum Gasteiger partial charge on any atom is 0.237 e. The van der Waals surface area contributed by atoms with Gasteiger partial charge in [-0.25, -0.2) is 4.98 Å². The number of aromatic nitrogens is 1. The summed E-state index contributed by atoms with van der Waals surface area (Å²) in [5.41, 5.74) is 4.18. The molecule has 1 aliphatic heterocycles. The Morgan fingerprint density at radius 1 is 1.20 bits per heavy atom. The summed E-state index contributed by atoms with van der Waals surface area (Å²) in [5, 5.41) is 0. The van der Waals surface area contributed by atoms with Gasteiger partial charge >= 0.3 is 0 Å². The van der Waals surface area contributed by atoms with Crippen molar-refractivity contribution in [2.75, 3.05) is 26.2 Å². The minimum absolute atomic E-state index is 0.204. The van der Waals surface area contributed by atoms with Crippen LogP contribution >= 0.6 is 0 Å². The highest BCUT2D eigenvalue weighted by Gasteiger charge is 2.27. The number of oxazole rings is 1. The van der Waals surface area contributed by atoms with Crippen LogP contribution in [0.5, 0.6) is 0 Å². The molecule has 0 bridgehead atoms. The lowest BCUT2D eigenvalue weighted by Crippen LogP contribution is -2.43. The maximum absolute atomic E-state index is 13.1. The number of nitrogens with zero attached hydrogens (tertiary/aromatic N) is 3. The van der Waals surface area contributed by atoms with E-state index in [1.54, 1.807) is 0 Å². The molecular formula is C25H31N3O2. The highest BCUT2D eigenvalue weighted by Crippen LogP contribution is 2.29. The first-order valence-electron chi connectivity index (χ1n) is 11.0. The van der Waals surface area contributed by atoms with Gasteiger partial charge in [0.1, 0.15) is 5.52 Å². The van der Waals surface area contributed by atoms with Gasteiger partial charge in [0.2, 0.25) is 5.91 Å². The standard InChI is InChI=1S/C25H31N3O2/c1-3-14-28(16-20-12-10-19(2)11-13-20)24(29)18-27-15-6-7-21(17-27)25-26-22-8-4-5-9-23(22)30-25/h4-5,8-13,21H,3,6-7,14-18H2,1-2H3. The van der Waals surface area contributed by atoms with Crippen LogP contribution in [0, 0.1) is 6.92 Å². The van der Waals surface area contributed by atoms with Crippen molar-refractivity contribution in [3.63, 3.8) is 0 Å². The number of benzene rings is 2. The molecule has 2 aromatic carbocycles. The van der Waals surface area contributed by atoms with Gasteiger partial charge in [-0.1, -0.05) is 48.9 Å². The third-order valence-corrected chi connectivity index (χ3v) is 5.86. The van der Waals surface area contributed by atoms with Crippen molar-refractivity contribution >= 4 is 17.0 Å². The minimum atomic E-state index is 0.204. The van der Waals surface area contributed by atoms with E-state index in [0.717, 1.165) is 55.9 Å². The Morgan fingerprint density at radius 3 is 2.77 bits per heavy atom. The molecule has 0 radical (unpaired) electrons. The summed E-state index contributed by atoms with van der Waals surface area (Å²) >= 11 is 0. The average molecular weight is 406 g/mol. The lowest BCUT2D eigenvalue weighted by atomic mass is 9.98. The number of hydrogen-bond acceptors (Lipinski definition) is 4. The van der Waals surface area contributed by atoms with Crippen molar-refractivity contribution in [2.45, 2.75) is 45.6 Å². The van der Waals surface area contributed by atoms with Gasteiger partial charge in [0, 0.05) is 25.6 Å². The van der Waals surface area contributed by atoms with Crippen molar-refractivity contribution in [3.05, 3.63) is 65.5 Å². The van der Waals surface area contributed by atoms with E-state index in [2.05, 4.69) is 48.0 Å². The lowest BCUT2D eigenvalue weighted by Gasteiger charge is -2.32. The van der Waals surface area contributed by atoms with Crippen LogP contribution in [0.25, 0.3) is 11.1 Å². The molecule has 1 aromatic heterocycles. The average Bonchev–Trinajstić information content (AvgIpc) is 3.19. The van der Waals surface area contributed by atoms with Gasteiger partial charge < -0.3 is 9.32 Å². The molecule has 5 heteroatoms. The highest BCUT2D eigenvalue weighted by atomic mass is 16.3. The van der Waals surface area contributed by atoms with Crippen LogP contribution in [0.2, 0.25) is 0 Å². The van der Waals surface area contributed by atoms with E-state index in [1.165, 1.54) is 11.1 Å². The van der Waals surface area contributed by atoms with E-state index < -0.39 is 0 Å². The number of likely N-dealkylation sites (tertiary alicyclic amines) is 1. The fraction of sp³-hybridized carbons (Fsp3) is 0.440. The number of para-hydroxylation sites is 2. The van der Waals surface area contributed by atoms with Gasteiger partial charge in [0.05, 0.1) is 6.54 Å². The predicted octanol–water partition coefficient (Wildman–Crippen LogP) is 4.75. The van der Waals surface area contributed by atoms with E-state index in [4.69, 9.17) is 4.42 Å². The molecule has 0 saturated carbocycles. The molecule has 1 aliphatic rings. The molecule has 0 spiro atoms. The molecule has 1 unspecified atom stereocenters. The van der Waals surface area contributed by atoms with Crippen LogP contribution in [-0.4, -0.2) is 46.9 Å². The third-order valence-electron chi connectivity index (χ3n) is 5.86. The molecule has 2 heterocycles. The number of carbonyl (C=O) groups excluding carboxylic acids is 1. The van der Waals surface area contributed by atoms with Gasteiger partial charge in [-0.15, -0.1) is 0 Å². The molecule has 1 atom stereocenters. The molecule has 158 valence electrons. The Bertz CT molecular complexity index is 946. The molecule has 5 nitrogen and oxygen atoms in total. The van der Waals surface area contributed by atoms with E-state index in [9.17, 15) is 4.79 Å². The minimum Gasteiger partial charge on any atom is -0.440 e. The molecule has 1 amide bonds. The third kappa shape index (κ3) is 4.90. The van der Waals surface area contributed by atoms with Gasteiger partial charge in [-0.05, 0) is 50.4 Å². The summed E-state index contributed by atoms with van der Waals surface area (Å²) < 4.78 is 6.00. The fourth-order valence-electron chi connectivity index (χ4n) is 4.23. The monoisotopic (exact) mass is 405 g/mol. The van der Waals surface area contributed by atoms with E-state index >= 15 is 0 Å². The van der Waals surface area contributed by atoms with Gasteiger partial charge in [0.25, 0.3) is 0 Å². The summed E-state index contributed by atoms with van der Waals surface area (Å²) in [4.78, 5) is 22.1. The SMILES string of the molecule is CCCN(Cc1ccc(C)cc1)C(=O)CN1CCCC(c2nc3ccccc3o2)C1. The van der Waals surface area contributed by atoms with Crippen LogP contribution in [0.15, 0.2) is 52.9 Å². The quantitative estimate of drug-likeness (QED) is 0.569. The predicted molar refractivity (Wildman–Crippen MR) is 119 cm³/mol. The summed E-state index contributed by atoms with van der Waals surface area (Å²) in [7, 11) is 0. The molecule has 0 aliphatic carbocycles. The number of rotatable bonds is 7. The van der Waals surface area contributed by atoms with Crippen LogP contribution in [-0.2, 0) is 11.3 Å². The summed E-state index contributed by atoms with van der Waals surface area (Å²) in [6.45, 7) is 7.91. The molecule has 1 saturated heterocycles. The van der Waals surface area contributed by atoms with Crippen LogP contribution in [0.3, 0.4) is 0 Å². The summed E-state index contributed by atoms with van der Waals surface area (Å²) in [6, 6.07) is 16.4. The maximum atomic E-state index is 13.1. The van der Waals surface area contributed by atoms with Crippen molar-refractivity contribution in [1.29, 1.82) is 0 Å². The second-order valence-electron chi connectivity index (χ2n) is 8.39. The largest absolute Gasteiger partial charge is 0.440 e. The van der Waals surface area contributed by atoms with Crippen LogP contribution in [0.1, 0.15) is 49.1 Å². The summed E-state index contributed by atoms with van der Waals surface area (Å²) in [5.74, 6) is 1.25. The van der Waals surface area contributed by atoms with Crippen LogP contribution < -0.4 is 0 Å². The van der Waals surface area contributed by atoms with Gasteiger partial charge in [-0.2, -0.15) is 0 Å². The van der Waals surface area contributed by atoms with E-state index in [0.29, 0.717) is 13.1 Å². The first kappa shape index (κ1) is 20.6. The second kappa shape index (κ2) is 9.43. The zero-order valence-electron chi connectivity index (χ0n) is 18.0.